The SMILES string of the molecule is CCCC(CCC)C(NN)C1CCOC1. The van der Waals surface area contributed by atoms with Crippen molar-refractivity contribution in [2.45, 2.75) is 52.0 Å². The third kappa shape index (κ3) is 3.74. The molecule has 1 rings (SSSR count). The first kappa shape index (κ1) is 12.9. The van der Waals surface area contributed by atoms with E-state index in [-0.39, 0.29) is 0 Å². The van der Waals surface area contributed by atoms with Gasteiger partial charge in [0.05, 0.1) is 6.61 Å². The highest BCUT2D eigenvalue weighted by Crippen LogP contribution is 2.27. The molecule has 3 nitrogen and oxygen atoms in total. The van der Waals surface area contributed by atoms with Crippen LogP contribution < -0.4 is 11.3 Å². The minimum absolute atomic E-state index is 0.451. The number of rotatable bonds is 7. The molecule has 3 heteroatoms. The zero-order chi connectivity index (χ0) is 11.1. The van der Waals surface area contributed by atoms with Gasteiger partial charge in [-0.05, 0) is 25.2 Å². The van der Waals surface area contributed by atoms with Gasteiger partial charge in [0, 0.05) is 18.6 Å². The third-order valence-corrected chi connectivity index (χ3v) is 3.49. The molecule has 0 radical (unpaired) electrons. The number of hydrogen-bond donors (Lipinski definition) is 2. The maximum absolute atomic E-state index is 5.71. The zero-order valence-electron chi connectivity index (χ0n) is 10.2. The largest absolute Gasteiger partial charge is 0.381 e. The fourth-order valence-electron chi connectivity index (χ4n) is 2.74. The van der Waals surface area contributed by atoms with Crippen LogP contribution in [0.25, 0.3) is 0 Å². The summed E-state index contributed by atoms with van der Waals surface area (Å²) in [6.07, 6.45) is 6.21. The van der Waals surface area contributed by atoms with E-state index in [1.165, 1.54) is 32.1 Å². The van der Waals surface area contributed by atoms with E-state index in [1.54, 1.807) is 0 Å². The number of hydrazine groups is 1. The van der Waals surface area contributed by atoms with Crippen LogP contribution >= 0.6 is 0 Å². The third-order valence-electron chi connectivity index (χ3n) is 3.49. The molecule has 0 bridgehead atoms. The predicted molar refractivity (Wildman–Crippen MR) is 63.3 cm³/mol. The van der Waals surface area contributed by atoms with Gasteiger partial charge in [0.2, 0.25) is 0 Å². The van der Waals surface area contributed by atoms with Crippen LogP contribution in [0.3, 0.4) is 0 Å². The van der Waals surface area contributed by atoms with E-state index < -0.39 is 0 Å². The molecule has 2 unspecified atom stereocenters. The maximum Gasteiger partial charge on any atom is 0.0510 e. The van der Waals surface area contributed by atoms with Crippen molar-refractivity contribution < 1.29 is 4.74 Å². The van der Waals surface area contributed by atoms with Gasteiger partial charge < -0.3 is 4.74 Å². The fraction of sp³-hybridized carbons (Fsp3) is 1.00. The summed E-state index contributed by atoms with van der Waals surface area (Å²) in [7, 11) is 0. The van der Waals surface area contributed by atoms with Crippen LogP contribution in [-0.4, -0.2) is 19.3 Å². The first-order valence-electron chi connectivity index (χ1n) is 6.37. The Bertz CT molecular complexity index is 152. The van der Waals surface area contributed by atoms with E-state index in [1.807, 2.05) is 0 Å². The average molecular weight is 214 g/mol. The van der Waals surface area contributed by atoms with Crippen molar-refractivity contribution in [2.75, 3.05) is 13.2 Å². The van der Waals surface area contributed by atoms with Crippen LogP contribution in [0.5, 0.6) is 0 Å². The van der Waals surface area contributed by atoms with Crippen molar-refractivity contribution in [3.8, 4) is 0 Å². The first-order valence-corrected chi connectivity index (χ1v) is 6.37. The monoisotopic (exact) mass is 214 g/mol. The molecule has 0 aromatic heterocycles. The number of ether oxygens (including phenoxy) is 1. The Balaban J connectivity index is 2.50. The lowest BCUT2D eigenvalue weighted by molar-refractivity contribution is 0.159. The molecule has 0 aliphatic carbocycles. The molecule has 15 heavy (non-hydrogen) atoms. The second kappa shape index (κ2) is 7.20. The summed E-state index contributed by atoms with van der Waals surface area (Å²) in [5, 5.41) is 0. The van der Waals surface area contributed by atoms with Gasteiger partial charge in [0.25, 0.3) is 0 Å². The number of nitrogens with one attached hydrogen (secondary N) is 1. The van der Waals surface area contributed by atoms with Crippen molar-refractivity contribution in [1.82, 2.24) is 5.43 Å². The Morgan fingerprint density at radius 3 is 2.40 bits per heavy atom. The summed E-state index contributed by atoms with van der Waals surface area (Å²) in [6, 6.07) is 0.451. The summed E-state index contributed by atoms with van der Waals surface area (Å²) < 4.78 is 5.45. The quantitative estimate of drug-likeness (QED) is 0.504. The summed E-state index contributed by atoms with van der Waals surface area (Å²) in [5.41, 5.74) is 3.03. The molecule has 1 fully saturated rings. The Morgan fingerprint density at radius 2 is 2.00 bits per heavy atom. The molecule has 1 aliphatic heterocycles. The molecule has 1 heterocycles. The minimum atomic E-state index is 0.451. The van der Waals surface area contributed by atoms with E-state index in [4.69, 9.17) is 10.6 Å². The lowest BCUT2D eigenvalue weighted by atomic mass is 9.83. The zero-order valence-corrected chi connectivity index (χ0v) is 10.2. The molecule has 1 saturated heterocycles. The van der Waals surface area contributed by atoms with Gasteiger partial charge >= 0.3 is 0 Å². The van der Waals surface area contributed by atoms with E-state index in [9.17, 15) is 0 Å². The number of hydrogen-bond acceptors (Lipinski definition) is 3. The summed E-state index contributed by atoms with van der Waals surface area (Å²) in [6.45, 7) is 6.30. The Kier molecular flexibility index (Phi) is 6.22. The first-order chi connectivity index (χ1) is 7.33. The molecule has 90 valence electrons. The molecule has 0 aromatic carbocycles. The predicted octanol–water partition coefficient (Wildman–Crippen LogP) is 2.07. The highest BCUT2D eigenvalue weighted by Gasteiger charge is 2.30. The van der Waals surface area contributed by atoms with Gasteiger partial charge in [0.1, 0.15) is 0 Å². The highest BCUT2D eigenvalue weighted by molar-refractivity contribution is 4.83. The second-order valence-corrected chi connectivity index (χ2v) is 4.65. The van der Waals surface area contributed by atoms with E-state index >= 15 is 0 Å². The van der Waals surface area contributed by atoms with Crippen molar-refractivity contribution in [3.63, 3.8) is 0 Å². The molecule has 0 aromatic rings. The van der Waals surface area contributed by atoms with Crippen molar-refractivity contribution >= 4 is 0 Å². The van der Waals surface area contributed by atoms with Crippen LogP contribution in [-0.2, 0) is 4.74 Å². The Morgan fingerprint density at radius 1 is 1.33 bits per heavy atom. The second-order valence-electron chi connectivity index (χ2n) is 4.65. The topological polar surface area (TPSA) is 47.3 Å². The lowest BCUT2D eigenvalue weighted by Gasteiger charge is -2.30. The van der Waals surface area contributed by atoms with Crippen LogP contribution in [0.2, 0.25) is 0 Å². The normalized spacial score (nSPS) is 23.6. The molecule has 0 amide bonds. The molecule has 3 N–H and O–H groups in total. The van der Waals surface area contributed by atoms with Crippen LogP contribution in [0.15, 0.2) is 0 Å². The smallest absolute Gasteiger partial charge is 0.0510 e. The maximum atomic E-state index is 5.71. The van der Waals surface area contributed by atoms with Crippen molar-refractivity contribution in [1.29, 1.82) is 0 Å². The lowest BCUT2D eigenvalue weighted by Crippen LogP contribution is -2.46. The van der Waals surface area contributed by atoms with E-state index in [2.05, 4.69) is 19.3 Å². The Hall–Kier alpha value is -0.120. The Labute approximate surface area is 93.7 Å². The molecular weight excluding hydrogens is 188 g/mol. The summed E-state index contributed by atoms with van der Waals surface area (Å²) >= 11 is 0. The van der Waals surface area contributed by atoms with Crippen LogP contribution in [0, 0.1) is 11.8 Å². The summed E-state index contributed by atoms with van der Waals surface area (Å²) in [5.74, 6) is 7.05. The van der Waals surface area contributed by atoms with E-state index in [0.717, 1.165) is 19.1 Å². The molecule has 0 spiro atoms. The summed E-state index contributed by atoms with van der Waals surface area (Å²) in [4.78, 5) is 0. The fourth-order valence-corrected chi connectivity index (χ4v) is 2.74. The highest BCUT2D eigenvalue weighted by atomic mass is 16.5. The molecular formula is C12H26N2O. The average Bonchev–Trinajstić information content (AvgIpc) is 2.73. The van der Waals surface area contributed by atoms with Gasteiger partial charge in [-0.2, -0.15) is 0 Å². The number of nitrogens with two attached hydrogens (primary N) is 1. The van der Waals surface area contributed by atoms with Crippen LogP contribution in [0.4, 0.5) is 0 Å². The van der Waals surface area contributed by atoms with Crippen molar-refractivity contribution in [3.05, 3.63) is 0 Å². The molecule has 2 atom stereocenters. The molecule has 0 saturated carbocycles. The van der Waals surface area contributed by atoms with Gasteiger partial charge in [-0.15, -0.1) is 0 Å². The van der Waals surface area contributed by atoms with E-state index in [0.29, 0.717) is 12.0 Å². The van der Waals surface area contributed by atoms with Gasteiger partial charge in [-0.25, -0.2) is 0 Å². The van der Waals surface area contributed by atoms with Gasteiger partial charge in [0.15, 0.2) is 0 Å². The molecule has 1 aliphatic rings. The van der Waals surface area contributed by atoms with Crippen LogP contribution in [0.1, 0.15) is 46.0 Å². The van der Waals surface area contributed by atoms with Gasteiger partial charge in [-0.3, -0.25) is 11.3 Å². The standard InChI is InChI=1S/C12H26N2O/c1-3-5-10(6-4-2)12(14-13)11-7-8-15-9-11/h10-12,14H,3-9,13H2,1-2H3. The minimum Gasteiger partial charge on any atom is -0.381 e. The van der Waals surface area contributed by atoms with Gasteiger partial charge in [-0.1, -0.05) is 26.7 Å². The van der Waals surface area contributed by atoms with Crippen molar-refractivity contribution in [2.24, 2.45) is 17.7 Å².